The maximum absolute atomic E-state index is 12.3. The van der Waals surface area contributed by atoms with E-state index in [1.165, 1.54) is 5.56 Å². The summed E-state index contributed by atoms with van der Waals surface area (Å²) in [5.74, 6) is 0.625. The Morgan fingerprint density at radius 2 is 1.76 bits per heavy atom. The largest absolute Gasteiger partial charge is 0.333 e. The first-order valence-corrected chi connectivity index (χ1v) is 6.48. The number of carbonyl (C=O) groups excluding carboxylic acids is 1. The van der Waals surface area contributed by atoms with E-state index in [0.717, 1.165) is 12.8 Å². The lowest BCUT2D eigenvalue weighted by Gasteiger charge is -2.33. The quantitative estimate of drug-likeness (QED) is 0.777. The van der Waals surface area contributed by atoms with Crippen molar-refractivity contribution in [2.24, 2.45) is 5.92 Å². The predicted molar refractivity (Wildman–Crippen MR) is 69.6 cm³/mol. The zero-order chi connectivity index (χ0) is 12.4. The van der Waals surface area contributed by atoms with Gasteiger partial charge in [0, 0.05) is 12.0 Å². The van der Waals surface area contributed by atoms with Gasteiger partial charge in [-0.15, -0.1) is 0 Å². The van der Waals surface area contributed by atoms with Gasteiger partial charge in [-0.2, -0.15) is 0 Å². The van der Waals surface area contributed by atoms with Crippen LogP contribution in [-0.2, 0) is 4.79 Å². The van der Waals surface area contributed by atoms with Crippen LogP contribution in [0.15, 0.2) is 30.3 Å². The minimum atomic E-state index is 0.171. The molecule has 0 heterocycles. The first-order valence-electron chi connectivity index (χ1n) is 6.48. The summed E-state index contributed by atoms with van der Waals surface area (Å²) in [5, 5.41) is 0. The Bertz CT molecular complexity index is 381. The van der Waals surface area contributed by atoms with Gasteiger partial charge in [-0.3, -0.25) is 4.79 Å². The molecule has 1 aromatic rings. The fourth-order valence-electron chi connectivity index (χ4n) is 2.33. The summed E-state index contributed by atoms with van der Waals surface area (Å²) in [6.45, 7) is 6.31. The Morgan fingerprint density at radius 1 is 1.18 bits per heavy atom. The van der Waals surface area contributed by atoms with Gasteiger partial charge in [-0.05, 0) is 39.2 Å². The monoisotopic (exact) mass is 231 g/mol. The highest BCUT2D eigenvalue weighted by Gasteiger charge is 2.36. The molecule has 1 amide bonds. The summed E-state index contributed by atoms with van der Waals surface area (Å²) in [6, 6.07) is 10.7. The van der Waals surface area contributed by atoms with Crippen LogP contribution in [0.25, 0.3) is 0 Å². The molecule has 0 radical (unpaired) electrons. The van der Waals surface area contributed by atoms with Crippen LogP contribution in [0.2, 0.25) is 0 Å². The molecule has 1 atom stereocenters. The van der Waals surface area contributed by atoms with E-state index in [1.54, 1.807) is 0 Å². The molecule has 17 heavy (non-hydrogen) atoms. The molecule has 0 saturated heterocycles. The van der Waals surface area contributed by atoms with Gasteiger partial charge >= 0.3 is 0 Å². The molecular weight excluding hydrogens is 210 g/mol. The summed E-state index contributed by atoms with van der Waals surface area (Å²) in [4.78, 5) is 14.3. The van der Waals surface area contributed by atoms with E-state index in [1.807, 2.05) is 23.1 Å². The van der Waals surface area contributed by atoms with Crippen molar-refractivity contribution in [3.63, 3.8) is 0 Å². The van der Waals surface area contributed by atoms with Crippen LogP contribution < -0.4 is 0 Å². The van der Waals surface area contributed by atoms with Gasteiger partial charge in [0.1, 0.15) is 0 Å². The lowest BCUT2D eigenvalue weighted by Crippen LogP contribution is -2.39. The predicted octanol–water partition coefficient (Wildman–Crippen LogP) is 3.39. The van der Waals surface area contributed by atoms with Crippen LogP contribution in [0.5, 0.6) is 0 Å². The van der Waals surface area contributed by atoms with Crippen molar-refractivity contribution in [2.45, 2.75) is 45.7 Å². The smallest absolute Gasteiger partial charge is 0.226 e. The lowest BCUT2D eigenvalue weighted by molar-refractivity contribution is -0.136. The van der Waals surface area contributed by atoms with Gasteiger partial charge in [-0.1, -0.05) is 30.3 Å². The van der Waals surface area contributed by atoms with Crippen molar-refractivity contribution < 1.29 is 4.79 Å². The zero-order valence-electron chi connectivity index (χ0n) is 10.9. The maximum Gasteiger partial charge on any atom is 0.226 e. The molecule has 1 fully saturated rings. The van der Waals surface area contributed by atoms with Crippen LogP contribution >= 0.6 is 0 Å². The van der Waals surface area contributed by atoms with Crippen molar-refractivity contribution in [1.82, 2.24) is 4.90 Å². The number of carbonyl (C=O) groups is 1. The van der Waals surface area contributed by atoms with E-state index in [-0.39, 0.29) is 12.1 Å². The highest BCUT2D eigenvalue weighted by Crippen LogP contribution is 2.35. The Labute approximate surface area is 104 Å². The van der Waals surface area contributed by atoms with Crippen molar-refractivity contribution >= 4 is 5.91 Å². The van der Waals surface area contributed by atoms with Crippen LogP contribution in [0.3, 0.4) is 0 Å². The number of benzene rings is 1. The second-order valence-electron chi connectivity index (χ2n) is 5.20. The molecule has 0 aliphatic heterocycles. The summed E-state index contributed by atoms with van der Waals surface area (Å²) in [7, 11) is 0. The minimum Gasteiger partial charge on any atom is -0.333 e. The highest BCUT2D eigenvalue weighted by molar-refractivity contribution is 5.81. The number of rotatable bonds is 4. The molecule has 0 aromatic heterocycles. The van der Waals surface area contributed by atoms with E-state index >= 15 is 0 Å². The summed E-state index contributed by atoms with van der Waals surface area (Å²) < 4.78 is 0. The SMILES string of the molecule is CC(C)N(C(=O)C1CC1)C(C)c1ccccc1. The van der Waals surface area contributed by atoms with Crippen molar-refractivity contribution in [3.8, 4) is 0 Å². The Morgan fingerprint density at radius 3 is 2.24 bits per heavy atom. The summed E-state index contributed by atoms with van der Waals surface area (Å²) >= 11 is 0. The Kier molecular flexibility index (Phi) is 3.51. The maximum atomic E-state index is 12.3. The van der Waals surface area contributed by atoms with Gasteiger partial charge < -0.3 is 4.90 Å². The number of hydrogen-bond donors (Lipinski definition) is 0. The van der Waals surface area contributed by atoms with Crippen LogP contribution in [0, 0.1) is 5.92 Å². The highest BCUT2D eigenvalue weighted by atomic mass is 16.2. The lowest BCUT2D eigenvalue weighted by atomic mass is 10.0. The van der Waals surface area contributed by atoms with Gasteiger partial charge in [0.25, 0.3) is 0 Å². The molecule has 0 bridgehead atoms. The minimum absolute atomic E-state index is 0.171. The molecule has 2 rings (SSSR count). The summed E-state index contributed by atoms with van der Waals surface area (Å²) in [6.07, 6.45) is 2.15. The third-order valence-corrected chi connectivity index (χ3v) is 3.44. The molecule has 1 aliphatic carbocycles. The molecule has 1 saturated carbocycles. The molecule has 1 aromatic carbocycles. The average molecular weight is 231 g/mol. The van der Waals surface area contributed by atoms with Crippen LogP contribution in [0.4, 0.5) is 0 Å². The van der Waals surface area contributed by atoms with E-state index < -0.39 is 0 Å². The normalized spacial score (nSPS) is 16.9. The summed E-state index contributed by atoms with van der Waals surface area (Å²) in [5.41, 5.74) is 1.22. The van der Waals surface area contributed by atoms with Crippen molar-refractivity contribution in [2.75, 3.05) is 0 Å². The number of nitrogens with zero attached hydrogens (tertiary/aromatic N) is 1. The first-order chi connectivity index (χ1) is 8.11. The van der Waals surface area contributed by atoms with Crippen molar-refractivity contribution in [1.29, 1.82) is 0 Å². The molecule has 2 nitrogen and oxygen atoms in total. The zero-order valence-corrected chi connectivity index (χ0v) is 10.9. The number of amides is 1. The molecule has 0 spiro atoms. The molecule has 92 valence electrons. The third kappa shape index (κ3) is 2.68. The average Bonchev–Trinajstić information content (AvgIpc) is 3.13. The second-order valence-corrected chi connectivity index (χ2v) is 5.20. The fourth-order valence-corrected chi connectivity index (χ4v) is 2.33. The molecule has 1 unspecified atom stereocenters. The molecule has 0 N–H and O–H groups in total. The van der Waals surface area contributed by atoms with Gasteiger partial charge in [0.05, 0.1) is 6.04 Å². The first kappa shape index (κ1) is 12.2. The van der Waals surface area contributed by atoms with Gasteiger partial charge in [0.2, 0.25) is 5.91 Å². The van der Waals surface area contributed by atoms with E-state index in [4.69, 9.17) is 0 Å². The molecular formula is C15H21NO. The third-order valence-electron chi connectivity index (χ3n) is 3.44. The van der Waals surface area contributed by atoms with Crippen molar-refractivity contribution in [3.05, 3.63) is 35.9 Å². The Balaban J connectivity index is 2.18. The standard InChI is InChI=1S/C15H21NO/c1-11(2)16(15(17)14-9-10-14)12(3)13-7-5-4-6-8-13/h4-8,11-12,14H,9-10H2,1-3H3. The van der Waals surface area contributed by atoms with E-state index in [9.17, 15) is 4.79 Å². The fraction of sp³-hybridized carbons (Fsp3) is 0.533. The van der Waals surface area contributed by atoms with Gasteiger partial charge in [-0.25, -0.2) is 0 Å². The second kappa shape index (κ2) is 4.91. The van der Waals surface area contributed by atoms with Crippen LogP contribution in [0.1, 0.15) is 45.2 Å². The topological polar surface area (TPSA) is 20.3 Å². The Hall–Kier alpha value is -1.31. The molecule has 2 heteroatoms. The van der Waals surface area contributed by atoms with E-state index in [0.29, 0.717) is 11.8 Å². The molecule has 1 aliphatic rings. The number of hydrogen-bond acceptors (Lipinski definition) is 1. The van der Waals surface area contributed by atoms with Crippen LogP contribution in [-0.4, -0.2) is 16.8 Å². The van der Waals surface area contributed by atoms with E-state index in [2.05, 4.69) is 32.9 Å². The van der Waals surface area contributed by atoms with Gasteiger partial charge in [0.15, 0.2) is 0 Å².